The molecule has 1 aliphatic heterocycles. The van der Waals surface area contributed by atoms with Crippen LogP contribution in [0.4, 0.5) is 5.13 Å². The maximum atomic E-state index is 11.9. The molecule has 2 heterocycles. The zero-order valence-electron chi connectivity index (χ0n) is 10.8. The molecule has 1 amide bonds. The molecule has 0 atom stereocenters. The molecule has 1 aliphatic rings. The van der Waals surface area contributed by atoms with Crippen LogP contribution in [0.5, 0.6) is 0 Å². The van der Waals surface area contributed by atoms with Gasteiger partial charge in [0.2, 0.25) is 5.91 Å². The number of aromatic nitrogens is 1. The predicted molar refractivity (Wildman–Crippen MR) is 72.0 cm³/mol. The van der Waals surface area contributed by atoms with E-state index in [-0.39, 0.29) is 18.6 Å². The molecule has 0 N–H and O–H groups in total. The van der Waals surface area contributed by atoms with Crippen LogP contribution in [-0.4, -0.2) is 54.7 Å². The number of ether oxygens (including phenoxy) is 1. The second-order valence-electron chi connectivity index (χ2n) is 4.54. The second kappa shape index (κ2) is 6.15. The summed E-state index contributed by atoms with van der Waals surface area (Å²) in [5.41, 5.74) is 0. The fourth-order valence-corrected chi connectivity index (χ4v) is 2.55. The normalized spacial score (nSPS) is 16.4. The van der Waals surface area contributed by atoms with Crippen LogP contribution in [0.1, 0.15) is 13.8 Å². The molecule has 0 spiro atoms. The van der Waals surface area contributed by atoms with Gasteiger partial charge in [0.15, 0.2) is 5.13 Å². The van der Waals surface area contributed by atoms with Gasteiger partial charge in [-0.05, 0) is 13.8 Å². The number of carbonyl (C=O) groups is 1. The van der Waals surface area contributed by atoms with Gasteiger partial charge in [-0.1, -0.05) is 0 Å². The first-order valence-corrected chi connectivity index (χ1v) is 7.08. The lowest BCUT2D eigenvalue weighted by Gasteiger charge is -2.34. The van der Waals surface area contributed by atoms with E-state index >= 15 is 0 Å². The number of nitrogens with zero attached hydrogens (tertiary/aromatic N) is 3. The largest absolute Gasteiger partial charge is 0.369 e. The van der Waals surface area contributed by atoms with Crippen molar-refractivity contribution in [3.8, 4) is 0 Å². The van der Waals surface area contributed by atoms with E-state index in [9.17, 15) is 4.79 Å². The number of piperazine rings is 1. The molecular formula is C12H19N3O2S. The number of hydrogen-bond acceptors (Lipinski definition) is 5. The quantitative estimate of drug-likeness (QED) is 0.824. The van der Waals surface area contributed by atoms with E-state index in [2.05, 4.69) is 9.88 Å². The van der Waals surface area contributed by atoms with Gasteiger partial charge in [-0.3, -0.25) is 4.79 Å². The lowest BCUT2D eigenvalue weighted by molar-refractivity contribution is -0.137. The van der Waals surface area contributed by atoms with Crippen molar-refractivity contribution in [1.29, 1.82) is 0 Å². The van der Waals surface area contributed by atoms with Gasteiger partial charge in [-0.25, -0.2) is 4.98 Å². The van der Waals surface area contributed by atoms with Crippen LogP contribution in [0, 0.1) is 0 Å². The Morgan fingerprint density at radius 3 is 2.72 bits per heavy atom. The van der Waals surface area contributed by atoms with Gasteiger partial charge in [0, 0.05) is 37.8 Å². The molecule has 0 bridgehead atoms. The van der Waals surface area contributed by atoms with Crippen molar-refractivity contribution in [3.05, 3.63) is 11.6 Å². The number of carbonyl (C=O) groups excluding carboxylic acids is 1. The minimum absolute atomic E-state index is 0.0856. The van der Waals surface area contributed by atoms with Crippen LogP contribution >= 0.6 is 11.3 Å². The molecule has 6 heteroatoms. The molecule has 0 saturated carbocycles. The summed E-state index contributed by atoms with van der Waals surface area (Å²) in [6.45, 7) is 7.26. The van der Waals surface area contributed by atoms with Gasteiger partial charge >= 0.3 is 0 Å². The van der Waals surface area contributed by atoms with E-state index in [4.69, 9.17) is 4.74 Å². The van der Waals surface area contributed by atoms with Crippen LogP contribution in [0.25, 0.3) is 0 Å². The molecule has 1 aromatic rings. The number of hydrogen-bond donors (Lipinski definition) is 0. The molecule has 100 valence electrons. The summed E-state index contributed by atoms with van der Waals surface area (Å²) in [7, 11) is 0. The number of anilines is 1. The van der Waals surface area contributed by atoms with Gasteiger partial charge in [0.25, 0.3) is 0 Å². The minimum Gasteiger partial charge on any atom is -0.369 e. The summed E-state index contributed by atoms with van der Waals surface area (Å²) >= 11 is 1.64. The average Bonchev–Trinajstić information content (AvgIpc) is 2.90. The van der Waals surface area contributed by atoms with E-state index in [1.807, 2.05) is 30.3 Å². The van der Waals surface area contributed by atoms with Crippen molar-refractivity contribution in [3.63, 3.8) is 0 Å². The molecule has 5 nitrogen and oxygen atoms in total. The summed E-state index contributed by atoms with van der Waals surface area (Å²) in [5, 5.41) is 3.02. The van der Waals surface area contributed by atoms with Crippen LogP contribution in [0.15, 0.2) is 11.6 Å². The smallest absolute Gasteiger partial charge is 0.248 e. The maximum Gasteiger partial charge on any atom is 0.248 e. The van der Waals surface area contributed by atoms with Gasteiger partial charge in [0.05, 0.1) is 6.10 Å². The summed E-state index contributed by atoms with van der Waals surface area (Å²) < 4.78 is 5.34. The zero-order valence-corrected chi connectivity index (χ0v) is 11.7. The van der Waals surface area contributed by atoms with Crippen LogP contribution in [0.3, 0.4) is 0 Å². The highest BCUT2D eigenvalue weighted by Gasteiger charge is 2.22. The zero-order chi connectivity index (χ0) is 13.0. The summed E-state index contributed by atoms with van der Waals surface area (Å²) in [6, 6.07) is 0. The van der Waals surface area contributed by atoms with Gasteiger partial charge in [-0.15, -0.1) is 11.3 Å². The van der Waals surface area contributed by atoms with E-state index in [0.29, 0.717) is 0 Å². The Kier molecular flexibility index (Phi) is 4.54. The highest BCUT2D eigenvalue weighted by atomic mass is 32.1. The molecule has 2 rings (SSSR count). The van der Waals surface area contributed by atoms with Crippen molar-refractivity contribution in [2.24, 2.45) is 0 Å². The minimum atomic E-state index is 0.0856. The van der Waals surface area contributed by atoms with Crippen molar-refractivity contribution in [1.82, 2.24) is 9.88 Å². The maximum absolute atomic E-state index is 11.9. The molecule has 0 unspecified atom stereocenters. The molecule has 1 aromatic heterocycles. The fourth-order valence-electron chi connectivity index (χ4n) is 1.85. The van der Waals surface area contributed by atoms with Gasteiger partial charge in [-0.2, -0.15) is 0 Å². The van der Waals surface area contributed by atoms with E-state index in [0.717, 1.165) is 31.3 Å². The summed E-state index contributed by atoms with van der Waals surface area (Å²) in [5.74, 6) is 0.0856. The van der Waals surface area contributed by atoms with Crippen molar-refractivity contribution in [2.45, 2.75) is 20.0 Å². The monoisotopic (exact) mass is 269 g/mol. The Hall–Kier alpha value is -1.14. The Bertz CT molecular complexity index is 373. The first-order chi connectivity index (χ1) is 8.66. The fraction of sp³-hybridized carbons (Fsp3) is 0.667. The SMILES string of the molecule is CC(C)OCC(=O)N1CCN(c2nccs2)CC1. The summed E-state index contributed by atoms with van der Waals surface area (Å²) in [6.07, 6.45) is 1.92. The topological polar surface area (TPSA) is 45.7 Å². The third kappa shape index (κ3) is 3.43. The standard InChI is InChI=1S/C12H19N3O2S/c1-10(2)17-9-11(16)14-4-6-15(7-5-14)12-13-3-8-18-12/h3,8,10H,4-7,9H2,1-2H3. The summed E-state index contributed by atoms with van der Waals surface area (Å²) in [4.78, 5) is 20.2. The van der Waals surface area contributed by atoms with Crippen molar-refractivity contribution < 1.29 is 9.53 Å². The van der Waals surface area contributed by atoms with Crippen molar-refractivity contribution >= 4 is 22.4 Å². The molecule has 0 aliphatic carbocycles. The lowest BCUT2D eigenvalue weighted by atomic mass is 10.3. The molecule has 1 saturated heterocycles. The Balaban J connectivity index is 1.78. The molecule has 18 heavy (non-hydrogen) atoms. The third-order valence-corrected chi connectivity index (χ3v) is 3.69. The number of thiazole rings is 1. The molecule has 0 radical (unpaired) electrons. The predicted octanol–water partition coefficient (Wildman–Crippen LogP) is 1.22. The number of amides is 1. The van der Waals surface area contributed by atoms with E-state index in [1.165, 1.54) is 0 Å². The van der Waals surface area contributed by atoms with Crippen LogP contribution in [-0.2, 0) is 9.53 Å². The van der Waals surface area contributed by atoms with Gasteiger partial charge < -0.3 is 14.5 Å². The van der Waals surface area contributed by atoms with E-state index in [1.54, 1.807) is 11.3 Å². The highest BCUT2D eigenvalue weighted by Crippen LogP contribution is 2.18. The Labute approximate surface area is 111 Å². The number of rotatable bonds is 4. The van der Waals surface area contributed by atoms with E-state index < -0.39 is 0 Å². The first kappa shape index (κ1) is 13.3. The molecule has 0 aromatic carbocycles. The first-order valence-electron chi connectivity index (χ1n) is 6.20. The Morgan fingerprint density at radius 1 is 1.44 bits per heavy atom. The highest BCUT2D eigenvalue weighted by molar-refractivity contribution is 7.13. The second-order valence-corrected chi connectivity index (χ2v) is 5.42. The molecule has 1 fully saturated rings. The molecular weight excluding hydrogens is 250 g/mol. The van der Waals surface area contributed by atoms with Gasteiger partial charge in [0.1, 0.15) is 6.61 Å². The average molecular weight is 269 g/mol. The van der Waals surface area contributed by atoms with Crippen LogP contribution < -0.4 is 4.90 Å². The Morgan fingerprint density at radius 2 is 2.17 bits per heavy atom. The lowest BCUT2D eigenvalue weighted by Crippen LogP contribution is -2.49. The van der Waals surface area contributed by atoms with Crippen LogP contribution in [0.2, 0.25) is 0 Å². The van der Waals surface area contributed by atoms with Crippen molar-refractivity contribution in [2.75, 3.05) is 37.7 Å². The third-order valence-electron chi connectivity index (χ3n) is 2.86.